The lowest BCUT2D eigenvalue weighted by Gasteiger charge is -2.18. The second-order valence-electron chi connectivity index (χ2n) is 4.60. The maximum absolute atomic E-state index is 10.7. The summed E-state index contributed by atoms with van der Waals surface area (Å²) in [6, 6.07) is 0. The van der Waals surface area contributed by atoms with Gasteiger partial charge in [-0.05, 0) is 27.7 Å². The second kappa shape index (κ2) is 16.5. The predicted molar refractivity (Wildman–Crippen MR) is 95.0 cm³/mol. The molecule has 0 amide bonds. The average Bonchev–Trinajstić information content (AvgIpc) is 2.35. The highest BCUT2D eigenvalue weighted by molar-refractivity contribution is 9.09. The highest BCUT2D eigenvalue weighted by Gasteiger charge is 2.16. The smallest absolute Gasteiger partial charge is 0.430 e. The summed E-state index contributed by atoms with van der Waals surface area (Å²) in [6.07, 6.45) is 2.63. The van der Waals surface area contributed by atoms with Crippen LogP contribution in [0.5, 0.6) is 0 Å². The van der Waals surface area contributed by atoms with E-state index in [-0.39, 0.29) is 6.61 Å². The molecule has 0 heterocycles. The molecule has 0 saturated carbocycles. The van der Waals surface area contributed by atoms with E-state index in [1.807, 2.05) is 6.92 Å². The van der Waals surface area contributed by atoms with Crippen LogP contribution in [0.15, 0.2) is 37.5 Å². The molecule has 0 aliphatic carbocycles. The minimum absolute atomic E-state index is 0.189. The van der Waals surface area contributed by atoms with E-state index in [1.165, 1.54) is 11.6 Å². The third-order valence-electron chi connectivity index (χ3n) is 1.05. The third kappa shape index (κ3) is 36.0. The van der Waals surface area contributed by atoms with E-state index in [0.717, 1.165) is 10.7 Å². The van der Waals surface area contributed by atoms with E-state index in [4.69, 9.17) is 4.74 Å². The van der Waals surface area contributed by atoms with Crippen LogP contribution in [-0.4, -0.2) is 29.0 Å². The molecule has 0 bridgehead atoms. The Morgan fingerprint density at radius 1 is 1.20 bits per heavy atom. The number of rotatable bonds is 4. The first-order chi connectivity index (χ1) is 9.14. The fraction of sp³-hybridized carbons (Fsp3) is 0.533. The molecule has 5 heteroatoms. The molecular formula is C15H26Br2O3. The maximum atomic E-state index is 10.7. The van der Waals surface area contributed by atoms with Gasteiger partial charge >= 0.3 is 6.16 Å². The number of ether oxygens (including phenoxy) is 2. The van der Waals surface area contributed by atoms with Crippen molar-refractivity contribution in [2.75, 3.05) is 17.3 Å². The molecule has 0 saturated heterocycles. The van der Waals surface area contributed by atoms with Gasteiger partial charge in [-0.3, -0.25) is 0 Å². The Morgan fingerprint density at radius 3 is 1.80 bits per heavy atom. The van der Waals surface area contributed by atoms with Crippen LogP contribution in [-0.2, 0) is 9.47 Å². The highest BCUT2D eigenvalue weighted by atomic mass is 79.9. The summed E-state index contributed by atoms with van der Waals surface area (Å²) < 4.78 is 9.42. The van der Waals surface area contributed by atoms with Crippen molar-refractivity contribution < 1.29 is 14.3 Å². The van der Waals surface area contributed by atoms with Crippen LogP contribution in [0.25, 0.3) is 0 Å². The first-order valence-electron chi connectivity index (χ1n) is 5.98. The van der Waals surface area contributed by atoms with Gasteiger partial charge in [-0.1, -0.05) is 62.7 Å². The lowest BCUT2D eigenvalue weighted by molar-refractivity contribution is -0.00238. The van der Waals surface area contributed by atoms with Crippen molar-refractivity contribution >= 4 is 38.0 Å². The van der Waals surface area contributed by atoms with Gasteiger partial charge in [0.15, 0.2) is 0 Å². The molecule has 0 atom stereocenters. The highest BCUT2D eigenvalue weighted by Crippen LogP contribution is 2.07. The largest absolute Gasteiger partial charge is 0.509 e. The van der Waals surface area contributed by atoms with Crippen molar-refractivity contribution in [3.8, 4) is 0 Å². The molecule has 0 aromatic heterocycles. The monoisotopic (exact) mass is 412 g/mol. The molecule has 0 radical (unpaired) electrons. The van der Waals surface area contributed by atoms with Crippen LogP contribution < -0.4 is 0 Å². The van der Waals surface area contributed by atoms with Gasteiger partial charge in [0.05, 0.1) is 0 Å². The van der Waals surface area contributed by atoms with Crippen molar-refractivity contribution in [2.45, 2.75) is 33.3 Å². The predicted octanol–water partition coefficient (Wildman–Crippen LogP) is 5.65. The zero-order valence-electron chi connectivity index (χ0n) is 12.9. The van der Waals surface area contributed by atoms with E-state index in [0.29, 0.717) is 0 Å². The maximum Gasteiger partial charge on any atom is 0.509 e. The average molecular weight is 414 g/mol. The lowest BCUT2D eigenvalue weighted by atomic mass is 10.2. The molecule has 0 unspecified atom stereocenters. The summed E-state index contributed by atoms with van der Waals surface area (Å²) in [7, 11) is 0. The molecule has 0 aliphatic heterocycles. The van der Waals surface area contributed by atoms with E-state index >= 15 is 0 Å². The number of hydrogen-bond donors (Lipinski definition) is 0. The molecule has 0 N–H and O–H groups in total. The van der Waals surface area contributed by atoms with Gasteiger partial charge in [0.25, 0.3) is 0 Å². The van der Waals surface area contributed by atoms with Gasteiger partial charge in [0.2, 0.25) is 0 Å². The number of hydrogen-bond acceptors (Lipinski definition) is 3. The van der Waals surface area contributed by atoms with Crippen molar-refractivity contribution in [1.29, 1.82) is 0 Å². The quantitative estimate of drug-likeness (QED) is 0.339. The van der Waals surface area contributed by atoms with E-state index in [9.17, 15) is 4.79 Å². The van der Waals surface area contributed by atoms with Crippen LogP contribution in [0.4, 0.5) is 4.79 Å². The van der Waals surface area contributed by atoms with Crippen LogP contribution >= 0.6 is 31.9 Å². The molecule has 0 aliphatic rings. The minimum Gasteiger partial charge on any atom is -0.430 e. The summed E-state index contributed by atoms with van der Waals surface area (Å²) in [6.45, 7) is 18.0. The second-order valence-corrected chi connectivity index (χ2v) is 5.81. The van der Waals surface area contributed by atoms with E-state index in [1.54, 1.807) is 26.8 Å². The van der Waals surface area contributed by atoms with Gasteiger partial charge in [0.1, 0.15) is 12.2 Å². The topological polar surface area (TPSA) is 35.5 Å². The number of allylic oxidation sites excluding steroid dienone is 2. The van der Waals surface area contributed by atoms with Gasteiger partial charge in [-0.2, -0.15) is 0 Å². The Labute approximate surface area is 140 Å². The number of carbonyl (C=O) groups excluding carboxylic acids is 1. The minimum atomic E-state index is -0.655. The summed E-state index contributed by atoms with van der Waals surface area (Å²) in [5.74, 6) is 0. The molecule has 0 rings (SSSR count). The van der Waals surface area contributed by atoms with E-state index < -0.39 is 11.8 Å². The van der Waals surface area contributed by atoms with Gasteiger partial charge < -0.3 is 9.47 Å². The first-order valence-corrected chi connectivity index (χ1v) is 8.22. The third-order valence-corrected chi connectivity index (χ3v) is 2.46. The molecule has 0 aromatic carbocycles. The summed E-state index contributed by atoms with van der Waals surface area (Å²) >= 11 is 6.34. The molecule has 3 nitrogen and oxygen atoms in total. The summed E-state index contributed by atoms with van der Waals surface area (Å²) in [5.41, 5.74) is 0.683. The van der Waals surface area contributed by atoms with Crippen LogP contribution in [0, 0.1) is 0 Å². The zero-order valence-corrected chi connectivity index (χ0v) is 16.1. The summed E-state index contributed by atoms with van der Waals surface area (Å²) in [4.78, 5) is 10.7. The Bertz CT molecular complexity index is 281. The Hall–Kier alpha value is -0.550. The standard InChI is InChI=1S/C8H14O3.C4H7Br.C3H5Br/c1-5-6-10-7(9)11-8(2,3)4;1-4(2)3-5;1-2-3-4/h5H,1,6H2,2-4H3;1,3H2,2H3;2H,1,3H2. The molecule has 0 spiro atoms. The van der Waals surface area contributed by atoms with Crippen molar-refractivity contribution in [2.24, 2.45) is 0 Å². The van der Waals surface area contributed by atoms with Gasteiger partial charge in [-0.25, -0.2) is 4.79 Å². The Kier molecular flexibility index (Phi) is 20.2. The SMILES string of the molecule is C=C(C)CBr.C=CCBr.C=CCOC(=O)OC(C)(C)C. The molecule has 20 heavy (non-hydrogen) atoms. The molecule has 0 fully saturated rings. The number of halogens is 2. The first kappa shape index (κ1) is 24.5. The van der Waals surface area contributed by atoms with Gasteiger partial charge in [-0.15, -0.1) is 6.58 Å². The van der Waals surface area contributed by atoms with Crippen molar-refractivity contribution in [3.05, 3.63) is 37.5 Å². The Morgan fingerprint density at radius 2 is 1.60 bits per heavy atom. The van der Waals surface area contributed by atoms with Crippen LogP contribution in [0.1, 0.15) is 27.7 Å². The van der Waals surface area contributed by atoms with Crippen molar-refractivity contribution in [1.82, 2.24) is 0 Å². The van der Waals surface area contributed by atoms with Crippen molar-refractivity contribution in [3.63, 3.8) is 0 Å². The number of alkyl halides is 2. The fourth-order valence-electron chi connectivity index (χ4n) is 0.406. The van der Waals surface area contributed by atoms with E-state index in [2.05, 4.69) is 56.3 Å². The zero-order chi connectivity index (χ0) is 16.6. The Balaban J connectivity index is -0.000000266. The molecular weight excluding hydrogens is 388 g/mol. The normalized spacial score (nSPS) is 8.90. The summed E-state index contributed by atoms with van der Waals surface area (Å²) in [5, 5.41) is 1.82. The van der Waals surface area contributed by atoms with Crippen LogP contribution in [0.2, 0.25) is 0 Å². The van der Waals surface area contributed by atoms with Gasteiger partial charge in [0, 0.05) is 10.7 Å². The van der Waals surface area contributed by atoms with Crippen LogP contribution in [0.3, 0.4) is 0 Å². The lowest BCUT2D eigenvalue weighted by Crippen LogP contribution is -2.24. The molecule has 118 valence electrons. The number of carbonyl (C=O) groups is 1. The molecule has 0 aromatic rings. The fourth-order valence-corrected chi connectivity index (χ4v) is 0.406.